The predicted octanol–water partition coefficient (Wildman–Crippen LogP) is 3.25. The Morgan fingerprint density at radius 3 is 2.83 bits per heavy atom. The van der Waals surface area contributed by atoms with E-state index in [4.69, 9.17) is 0 Å². The molecule has 7 heteroatoms. The summed E-state index contributed by atoms with van der Waals surface area (Å²) in [5, 5.41) is 10.4. The number of nitriles is 1. The van der Waals surface area contributed by atoms with Crippen LogP contribution in [0.5, 0.6) is 0 Å². The van der Waals surface area contributed by atoms with Gasteiger partial charge in [-0.25, -0.2) is 13.4 Å². The molecule has 0 amide bonds. The molecule has 2 aromatic heterocycles. The topological polar surface area (TPSA) is 98.6 Å². The van der Waals surface area contributed by atoms with E-state index in [0.29, 0.717) is 17.7 Å². The lowest BCUT2D eigenvalue weighted by molar-refractivity contribution is 0.600. The fraction of sp³-hybridized carbons (Fsp3) is 0.176. The maximum atomic E-state index is 11.9. The number of sulfonamides is 1. The number of hydrogen-bond donors (Lipinski definition) is 2. The number of nitrogens with zero attached hydrogens (tertiary/aromatic N) is 2. The molecule has 0 aliphatic carbocycles. The Bertz CT molecular complexity index is 1030. The molecule has 3 rings (SSSR count). The van der Waals surface area contributed by atoms with E-state index in [1.165, 1.54) is 0 Å². The standard InChI is InChI=1S/C17H16N4O2S/c1-2-9-24(22,23)21-13-3-4-14(12(10-13)11-18)15-5-7-19-17-16(15)6-8-20-17/h3-8,10,21H,2,9H2,1H3,(H,19,20). The van der Waals surface area contributed by atoms with Gasteiger partial charge in [0.1, 0.15) is 5.65 Å². The maximum absolute atomic E-state index is 11.9. The van der Waals surface area contributed by atoms with Gasteiger partial charge in [0.2, 0.25) is 10.0 Å². The van der Waals surface area contributed by atoms with Crippen molar-refractivity contribution in [1.82, 2.24) is 9.97 Å². The summed E-state index contributed by atoms with van der Waals surface area (Å²) in [4.78, 5) is 7.28. The third-order valence-corrected chi connectivity index (χ3v) is 5.13. The lowest BCUT2D eigenvalue weighted by Crippen LogP contribution is -2.16. The average Bonchev–Trinajstić information content (AvgIpc) is 3.03. The number of rotatable bonds is 5. The minimum absolute atomic E-state index is 0.0466. The van der Waals surface area contributed by atoms with Crippen LogP contribution in [0.25, 0.3) is 22.2 Å². The van der Waals surface area contributed by atoms with E-state index in [1.807, 2.05) is 12.1 Å². The molecule has 0 spiro atoms. The first-order valence-electron chi connectivity index (χ1n) is 7.51. The molecule has 0 saturated carbocycles. The number of H-pyrrole nitrogens is 1. The predicted molar refractivity (Wildman–Crippen MR) is 93.9 cm³/mol. The van der Waals surface area contributed by atoms with Crippen molar-refractivity contribution in [2.45, 2.75) is 13.3 Å². The Morgan fingerprint density at radius 2 is 2.08 bits per heavy atom. The average molecular weight is 340 g/mol. The van der Waals surface area contributed by atoms with Crippen LogP contribution in [-0.4, -0.2) is 24.1 Å². The number of aromatic nitrogens is 2. The number of aromatic amines is 1. The second-order valence-corrected chi connectivity index (χ2v) is 7.23. The van der Waals surface area contributed by atoms with Gasteiger partial charge < -0.3 is 4.98 Å². The van der Waals surface area contributed by atoms with Crippen LogP contribution >= 0.6 is 0 Å². The van der Waals surface area contributed by atoms with E-state index in [-0.39, 0.29) is 5.75 Å². The molecule has 0 saturated heterocycles. The fourth-order valence-corrected chi connectivity index (χ4v) is 3.76. The lowest BCUT2D eigenvalue weighted by atomic mass is 9.98. The summed E-state index contributed by atoms with van der Waals surface area (Å²) in [7, 11) is -3.39. The van der Waals surface area contributed by atoms with E-state index in [2.05, 4.69) is 20.8 Å². The van der Waals surface area contributed by atoms with E-state index >= 15 is 0 Å². The van der Waals surface area contributed by atoms with E-state index in [0.717, 1.165) is 22.2 Å². The fourth-order valence-electron chi connectivity index (χ4n) is 2.63. The molecular weight excluding hydrogens is 324 g/mol. The molecule has 0 aliphatic heterocycles. The molecule has 0 fully saturated rings. The van der Waals surface area contributed by atoms with Crippen molar-refractivity contribution in [3.05, 3.63) is 48.3 Å². The Kier molecular flexibility index (Phi) is 4.23. The summed E-state index contributed by atoms with van der Waals surface area (Å²) < 4.78 is 26.3. The lowest BCUT2D eigenvalue weighted by Gasteiger charge is -2.10. The summed E-state index contributed by atoms with van der Waals surface area (Å²) in [6.07, 6.45) is 3.99. The second kappa shape index (κ2) is 6.34. The van der Waals surface area contributed by atoms with Gasteiger partial charge >= 0.3 is 0 Å². The van der Waals surface area contributed by atoms with Crippen LogP contribution in [-0.2, 0) is 10.0 Å². The van der Waals surface area contributed by atoms with Gasteiger partial charge in [0.05, 0.1) is 17.4 Å². The third kappa shape index (κ3) is 3.09. The molecule has 0 unspecified atom stereocenters. The summed E-state index contributed by atoms with van der Waals surface area (Å²) in [5.41, 5.74) is 3.15. The Hall–Kier alpha value is -2.85. The highest BCUT2D eigenvalue weighted by atomic mass is 32.2. The van der Waals surface area contributed by atoms with Gasteiger partial charge in [0.25, 0.3) is 0 Å². The highest BCUT2D eigenvalue weighted by Crippen LogP contribution is 2.31. The van der Waals surface area contributed by atoms with Gasteiger partial charge in [-0.3, -0.25) is 4.72 Å². The van der Waals surface area contributed by atoms with Crippen molar-refractivity contribution in [3.63, 3.8) is 0 Å². The zero-order chi connectivity index (χ0) is 17.2. The van der Waals surface area contributed by atoms with Crippen molar-refractivity contribution in [2.24, 2.45) is 0 Å². The largest absolute Gasteiger partial charge is 0.346 e. The molecule has 3 aromatic rings. The van der Waals surface area contributed by atoms with E-state index in [9.17, 15) is 13.7 Å². The quantitative estimate of drug-likeness (QED) is 0.744. The second-order valence-electron chi connectivity index (χ2n) is 5.39. The molecule has 2 heterocycles. The molecule has 2 N–H and O–H groups in total. The van der Waals surface area contributed by atoms with Crippen LogP contribution in [0.15, 0.2) is 42.7 Å². The molecule has 0 radical (unpaired) electrons. The smallest absolute Gasteiger partial charge is 0.232 e. The highest BCUT2D eigenvalue weighted by molar-refractivity contribution is 7.92. The van der Waals surface area contributed by atoms with Crippen LogP contribution in [0.4, 0.5) is 5.69 Å². The van der Waals surface area contributed by atoms with Crippen LogP contribution < -0.4 is 4.72 Å². The molecule has 0 bridgehead atoms. The first-order valence-corrected chi connectivity index (χ1v) is 9.16. The highest BCUT2D eigenvalue weighted by Gasteiger charge is 2.13. The Labute approximate surface area is 140 Å². The molecule has 0 aliphatic rings. The SMILES string of the molecule is CCCS(=O)(=O)Nc1ccc(-c2ccnc3[nH]ccc23)c(C#N)c1. The monoisotopic (exact) mass is 340 g/mol. The Balaban J connectivity index is 2.05. The third-order valence-electron chi connectivity index (χ3n) is 3.64. The maximum Gasteiger partial charge on any atom is 0.232 e. The first-order chi connectivity index (χ1) is 11.5. The van der Waals surface area contributed by atoms with Gasteiger partial charge in [0, 0.05) is 29.0 Å². The van der Waals surface area contributed by atoms with Crippen LogP contribution in [0, 0.1) is 11.3 Å². The van der Waals surface area contributed by atoms with Crippen molar-refractivity contribution in [1.29, 1.82) is 5.26 Å². The van der Waals surface area contributed by atoms with Gasteiger partial charge in [0.15, 0.2) is 0 Å². The van der Waals surface area contributed by atoms with Crippen LogP contribution in [0.1, 0.15) is 18.9 Å². The van der Waals surface area contributed by atoms with Gasteiger partial charge in [-0.05, 0) is 36.2 Å². The molecule has 122 valence electrons. The zero-order valence-electron chi connectivity index (χ0n) is 13.1. The minimum atomic E-state index is -3.39. The Morgan fingerprint density at radius 1 is 1.25 bits per heavy atom. The number of anilines is 1. The number of nitrogens with one attached hydrogen (secondary N) is 2. The summed E-state index contributed by atoms with van der Waals surface area (Å²) >= 11 is 0. The number of hydrogen-bond acceptors (Lipinski definition) is 4. The number of benzene rings is 1. The molecule has 6 nitrogen and oxygen atoms in total. The van der Waals surface area contributed by atoms with Crippen LogP contribution in [0.3, 0.4) is 0 Å². The van der Waals surface area contributed by atoms with Gasteiger partial charge in [-0.2, -0.15) is 5.26 Å². The van der Waals surface area contributed by atoms with E-state index in [1.54, 1.807) is 37.5 Å². The van der Waals surface area contributed by atoms with Crippen molar-refractivity contribution in [2.75, 3.05) is 10.5 Å². The number of pyridine rings is 1. The van der Waals surface area contributed by atoms with Gasteiger partial charge in [-0.15, -0.1) is 0 Å². The molecule has 0 atom stereocenters. The summed E-state index contributed by atoms with van der Waals surface area (Å²) in [6, 6.07) is 10.9. The van der Waals surface area contributed by atoms with Crippen LogP contribution in [0.2, 0.25) is 0 Å². The normalized spacial score (nSPS) is 11.3. The minimum Gasteiger partial charge on any atom is -0.346 e. The van der Waals surface area contributed by atoms with Crippen molar-refractivity contribution >= 4 is 26.7 Å². The molecule has 1 aromatic carbocycles. The van der Waals surface area contributed by atoms with E-state index < -0.39 is 10.0 Å². The number of fused-ring (bicyclic) bond motifs is 1. The first kappa shape index (κ1) is 16.0. The van der Waals surface area contributed by atoms with Crippen molar-refractivity contribution < 1.29 is 8.42 Å². The molecule has 24 heavy (non-hydrogen) atoms. The van der Waals surface area contributed by atoms with Gasteiger partial charge in [-0.1, -0.05) is 13.0 Å². The zero-order valence-corrected chi connectivity index (χ0v) is 13.9. The molecular formula is C17H16N4O2S. The van der Waals surface area contributed by atoms with Crippen molar-refractivity contribution in [3.8, 4) is 17.2 Å². The summed E-state index contributed by atoms with van der Waals surface area (Å²) in [5.74, 6) is 0.0466. The summed E-state index contributed by atoms with van der Waals surface area (Å²) in [6.45, 7) is 1.80.